The number of rotatable bonds is 5. The third-order valence-electron chi connectivity index (χ3n) is 3.28. The second kappa shape index (κ2) is 6.80. The van der Waals surface area contributed by atoms with E-state index in [2.05, 4.69) is 0 Å². The number of carbonyl (C=O) groups excluding carboxylic acids is 1. The van der Waals surface area contributed by atoms with Crippen LogP contribution in [0.4, 0.5) is 4.39 Å². The lowest BCUT2D eigenvalue weighted by molar-refractivity contribution is -0.148. The van der Waals surface area contributed by atoms with Crippen molar-refractivity contribution >= 4 is 17.7 Å². The molecule has 1 fully saturated rings. The molecular formula is C14H17FO3S. The minimum Gasteiger partial charge on any atom is -0.493 e. The average molecular weight is 284 g/mol. The minimum atomic E-state index is -0.302. The van der Waals surface area contributed by atoms with Crippen LogP contribution in [0.15, 0.2) is 24.3 Å². The van der Waals surface area contributed by atoms with Crippen LogP contribution in [0.1, 0.15) is 6.42 Å². The molecule has 1 heterocycles. The van der Waals surface area contributed by atoms with Crippen LogP contribution in [-0.4, -0.2) is 31.2 Å². The fourth-order valence-corrected chi connectivity index (χ4v) is 3.47. The monoisotopic (exact) mass is 284 g/mol. The zero-order chi connectivity index (χ0) is 13.7. The van der Waals surface area contributed by atoms with Gasteiger partial charge in [0, 0.05) is 0 Å². The third-order valence-corrected chi connectivity index (χ3v) is 4.47. The highest BCUT2D eigenvalue weighted by Crippen LogP contribution is 2.31. The highest BCUT2D eigenvalue weighted by molar-refractivity contribution is 7.99. The summed E-state index contributed by atoms with van der Waals surface area (Å²) in [6.45, 7) is 0.281. The van der Waals surface area contributed by atoms with E-state index in [1.165, 1.54) is 19.2 Å². The molecule has 0 radical (unpaired) electrons. The maximum atomic E-state index is 12.8. The van der Waals surface area contributed by atoms with E-state index in [4.69, 9.17) is 9.47 Å². The van der Waals surface area contributed by atoms with E-state index in [1.54, 1.807) is 12.1 Å². The van der Waals surface area contributed by atoms with Crippen molar-refractivity contribution in [2.45, 2.75) is 6.42 Å². The van der Waals surface area contributed by atoms with Gasteiger partial charge in [0.15, 0.2) is 0 Å². The molecule has 0 amide bonds. The van der Waals surface area contributed by atoms with Gasteiger partial charge in [-0.2, -0.15) is 11.8 Å². The Morgan fingerprint density at radius 2 is 2.21 bits per heavy atom. The van der Waals surface area contributed by atoms with Gasteiger partial charge < -0.3 is 9.47 Å². The second-order valence-corrected chi connectivity index (χ2v) is 5.67. The molecule has 2 rings (SSSR count). The first-order chi connectivity index (χ1) is 9.20. The molecule has 1 aliphatic rings. The Bertz CT molecular complexity index is 415. The number of methoxy groups -OCH3 is 1. The van der Waals surface area contributed by atoms with Crippen LogP contribution >= 0.6 is 11.8 Å². The first kappa shape index (κ1) is 14.2. The van der Waals surface area contributed by atoms with E-state index in [-0.39, 0.29) is 24.3 Å². The van der Waals surface area contributed by atoms with Crippen molar-refractivity contribution in [2.24, 2.45) is 11.8 Å². The summed E-state index contributed by atoms with van der Waals surface area (Å²) in [5.74, 6) is 2.14. The molecule has 0 aliphatic carbocycles. The number of ether oxygens (including phenoxy) is 2. The fourth-order valence-electron chi connectivity index (χ4n) is 2.13. The first-order valence-electron chi connectivity index (χ1n) is 6.24. The number of hydrogen-bond donors (Lipinski definition) is 0. The lowest BCUT2D eigenvalue weighted by Crippen LogP contribution is -2.30. The van der Waals surface area contributed by atoms with Crippen molar-refractivity contribution in [2.75, 3.05) is 25.2 Å². The standard InChI is InChI=1S/C14H17FO3S/c1-17-14(16)13(10-6-7-19-9-10)8-18-12-4-2-11(15)3-5-12/h2-5,10,13H,6-9H2,1H3. The van der Waals surface area contributed by atoms with Crippen LogP contribution in [0, 0.1) is 17.7 Å². The third kappa shape index (κ3) is 3.86. The Morgan fingerprint density at radius 1 is 1.47 bits per heavy atom. The molecule has 0 saturated carbocycles. The van der Waals surface area contributed by atoms with E-state index >= 15 is 0 Å². The van der Waals surface area contributed by atoms with Crippen LogP contribution in [0.3, 0.4) is 0 Å². The highest BCUT2D eigenvalue weighted by Gasteiger charge is 2.32. The van der Waals surface area contributed by atoms with Crippen LogP contribution in [0.5, 0.6) is 5.75 Å². The Hall–Kier alpha value is -1.23. The molecule has 0 N–H and O–H groups in total. The number of thioether (sulfide) groups is 1. The first-order valence-corrected chi connectivity index (χ1v) is 7.40. The molecule has 0 bridgehead atoms. The Balaban J connectivity index is 1.95. The maximum Gasteiger partial charge on any atom is 0.312 e. The predicted octanol–water partition coefficient (Wildman–Crippen LogP) is 2.75. The normalized spacial score (nSPS) is 20.0. The Morgan fingerprint density at radius 3 is 2.79 bits per heavy atom. The highest BCUT2D eigenvalue weighted by atomic mass is 32.2. The van der Waals surface area contributed by atoms with E-state index in [0.717, 1.165) is 17.9 Å². The minimum absolute atomic E-state index is 0.227. The van der Waals surface area contributed by atoms with Gasteiger partial charge in [0.1, 0.15) is 18.2 Å². The number of hydrogen-bond acceptors (Lipinski definition) is 4. The second-order valence-electron chi connectivity index (χ2n) is 4.52. The van der Waals surface area contributed by atoms with Gasteiger partial charge in [0.05, 0.1) is 13.0 Å². The van der Waals surface area contributed by atoms with Gasteiger partial charge in [-0.1, -0.05) is 0 Å². The average Bonchev–Trinajstić information content (AvgIpc) is 2.94. The van der Waals surface area contributed by atoms with Crippen molar-refractivity contribution in [3.05, 3.63) is 30.1 Å². The molecule has 2 atom stereocenters. The van der Waals surface area contributed by atoms with Gasteiger partial charge in [-0.05, 0) is 48.1 Å². The van der Waals surface area contributed by atoms with Crippen LogP contribution in [-0.2, 0) is 9.53 Å². The smallest absolute Gasteiger partial charge is 0.312 e. The Labute approximate surface area is 116 Å². The quantitative estimate of drug-likeness (QED) is 0.779. The molecule has 3 nitrogen and oxygen atoms in total. The molecule has 1 aromatic rings. The SMILES string of the molecule is COC(=O)C(COc1ccc(F)cc1)C1CCSC1. The molecule has 1 aromatic carbocycles. The Kier molecular flexibility index (Phi) is 5.07. The van der Waals surface area contributed by atoms with E-state index in [0.29, 0.717) is 11.7 Å². The van der Waals surface area contributed by atoms with Crippen LogP contribution in [0.25, 0.3) is 0 Å². The van der Waals surface area contributed by atoms with E-state index in [9.17, 15) is 9.18 Å². The van der Waals surface area contributed by atoms with Gasteiger partial charge in [-0.15, -0.1) is 0 Å². The van der Waals surface area contributed by atoms with Gasteiger partial charge in [-0.25, -0.2) is 4.39 Å². The number of carbonyl (C=O) groups is 1. The summed E-state index contributed by atoms with van der Waals surface area (Å²) >= 11 is 1.85. The van der Waals surface area contributed by atoms with Crippen molar-refractivity contribution < 1.29 is 18.7 Å². The zero-order valence-electron chi connectivity index (χ0n) is 10.8. The van der Waals surface area contributed by atoms with Crippen LogP contribution in [0.2, 0.25) is 0 Å². The molecule has 5 heteroatoms. The summed E-state index contributed by atoms with van der Waals surface area (Å²) in [5, 5.41) is 0. The molecular weight excluding hydrogens is 267 g/mol. The largest absolute Gasteiger partial charge is 0.493 e. The maximum absolute atomic E-state index is 12.8. The molecule has 104 valence electrons. The summed E-state index contributed by atoms with van der Waals surface area (Å²) in [7, 11) is 1.40. The summed E-state index contributed by atoms with van der Waals surface area (Å²) in [6, 6.07) is 5.81. The number of halogens is 1. The van der Waals surface area contributed by atoms with Gasteiger partial charge >= 0.3 is 5.97 Å². The molecule has 0 aromatic heterocycles. The van der Waals surface area contributed by atoms with Crippen molar-refractivity contribution in [3.8, 4) is 5.75 Å². The molecule has 1 aliphatic heterocycles. The zero-order valence-corrected chi connectivity index (χ0v) is 11.6. The summed E-state index contributed by atoms with van der Waals surface area (Å²) in [5.41, 5.74) is 0. The number of benzene rings is 1. The van der Waals surface area contributed by atoms with Crippen LogP contribution < -0.4 is 4.74 Å². The lowest BCUT2D eigenvalue weighted by atomic mass is 9.92. The molecule has 2 unspecified atom stereocenters. The molecule has 0 spiro atoms. The van der Waals surface area contributed by atoms with E-state index < -0.39 is 0 Å². The summed E-state index contributed by atoms with van der Waals surface area (Å²) in [6.07, 6.45) is 1.01. The lowest BCUT2D eigenvalue weighted by Gasteiger charge is -2.20. The van der Waals surface area contributed by atoms with Crippen molar-refractivity contribution in [1.82, 2.24) is 0 Å². The van der Waals surface area contributed by atoms with Gasteiger partial charge in [0.2, 0.25) is 0 Å². The van der Waals surface area contributed by atoms with Crippen molar-refractivity contribution in [1.29, 1.82) is 0 Å². The topological polar surface area (TPSA) is 35.5 Å². The molecule has 1 saturated heterocycles. The van der Waals surface area contributed by atoms with Gasteiger partial charge in [-0.3, -0.25) is 4.79 Å². The summed E-state index contributed by atoms with van der Waals surface area (Å²) < 4.78 is 23.2. The number of esters is 1. The summed E-state index contributed by atoms with van der Waals surface area (Å²) in [4.78, 5) is 11.8. The van der Waals surface area contributed by atoms with Crippen molar-refractivity contribution in [3.63, 3.8) is 0 Å². The van der Waals surface area contributed by atoms with Gasteiger partial charge in [0.25, 0.3) is 0 Å². The predicted molar refractivity (Wildman–Crippen MR) is 72.8 cm³/mol. The van der Waals surface area contributed by atoms with E-state index in [1.807, 2.05) is 11.8 Å². The fraction of sp³-hybridized carbons (Fsp3) is 0.500. The molecule has 19 heavy (non-hydrogen) atoms.